The Hall–Kier alpha value is -7.41. The Morgan fingerprint density at radius 1 is 0.474 bits per heavy atom. The van der Waals surface area contributed by atoms with Crippen LogP contribution in [-0.2, 0) is 0 Å². The fourth-order valence-electron chi connectivity index (χ4n) is 8.85. The van der Waals surface area contributed by atoms with Gasteiger partial charge < -0.3 is 18.7 Å². The zero-order valence-corrected chi connectivity index (χ0v) is 30.7. The second-order valence-corrected chi connectivity index (χ2v) is 14.8. The lowest BCUT2D eigenvalue weighted by Gasteiger charge is -2.32. The van der Waals surface area contributed by atoms with Gasteiger partial charge in [-0.15, -0.1) is 0 Å². The third-order valence-corrected chi connectivity index (χ3v) is 11.5. The molecule has 1 aliphatic rings. The van der Waals surface area contributed by atoms with Crippen LogP contribution in [0.4, 0.5) is 0 Å². The number of benzene rings is 8. The number of amidine groups is 1. The molecule has 6 heteroatoms. The van der Waals surface area contributed by atoms with Crippen molar-refractivity contribution in [2.24, 2.45) is 4.99 Å². The summed E-state index contributed by atoms with van der Waals surface area (Å²) in [5, 5.41) is 14.1. The summed E-state index contributed by atoms with van der Waals surface area (Å²) in [6.45, 7) is 0. The molecular weight excluding hydrogens is 701 g/mol. The Bertz CT molecular complexity index is 3320. The maximum Gasteiger partial charge on any atom is 0.159 e. The Kier molecular flexibility index (Phi) is 7.03. The first-order chi connectivity index (χ1) is 28.2. The van der Waals surface area contributed by atoms with Crippen LogP contribution in [0.15, 0.2) is 196 Å². The molecule has 12 rings (SSSR count). The first kappa shape index (κ1) is 31.9. The van der Waals surface area contributed by atoms with Gasteiger partial charge in [-0.25, -0.2) is 4.99 Å². The van der Waals surface area contributed by atoms with Gasteiger partial charge in [0.25, 0.3) is 0 Å². The number of rotatable bonds is 5. The van der Waals surface area contributed by atoms with Crippen molar-refractivity contribution >= 4 is 71.5 Å². The van der Waals surface area contributed by atoms with Crippen LogP contribution < -0.4 is 10.6 Å². The van der Waals surface area contributed by atoms with Gasteiger partial charge in [0, 0.05) is 37.9 Å². The van der Waals surface area contributed by atoms with Crippen LogP contribution in [0.1, 0.15) is 29.0 Å². The quantitative estimate of drug-likeness (QED) is 0.185. The molecule has 11 aromatic rings. The summed E-state index contributed by atoms with van der Waals surface area (Å²) in [6, 6.07) is 63.8. The highest BCUT2D eigenvalue weighted by Gasteiger charge is 2.26. The molecule has 0 saturated carbocycles. The van der Waals surface area contributed by atoms with Crippen LogP contribution in [0.3, 0.4) is 0 Å². The molecular formula is C51H34N4O2. The van der Waals surface area contributed by atoms with E-state index < -0.39 is 0 Å². The van der Waals surface area contributed by atoms with Crippen molar-refractivity contribution in [3.63, 3.8) is 0 Å². The summed E-state index contributed by atoms with van der Waals surface area (Å²) >= 11 is 0. The minimum absolute atomic E-state index is 0.118. The largest absolute Gasteiger partial charge is 0.456 e. The van der Waals surface area contributed by atoms with Crippen molar-refractivity contribution in [2.75, 3.05) is 0 Å². The molecule has 6 nitrogen and oxygen atoms in total. The molecule has 8 aromatic carbocycles. The smallest absolute Gasteiger partial charge is 0.159 e. The van der Waals surface area contributed by atoms with Gasteiger partial charge in [0.05, 0.1) is 16.7 Å². The average molecular weight is 735 g/mol. The molecule has 0 spiro atoms. The van der Waals surface area contributed by atoms with Crippen LogP contribution in [0.5, 0.6) is 0 Å². The Morgan fingerprint density at radius 2 is 1.14 bits per heavy atom. The van der Waals surface area contributed by atoms with Gasteiger partial charge >= 0.3 is 0 Å². The Morgan fingerprint density at radius 3 is 1.93 bits per heavy atom. The van der Waals surface area contributed by atoms with Gasteiger partial charge in [-0.3, -0.25) is 5.32 Å². The van der Waals surface area contributed by atoms with E-state index in [-0.39, 0.29) is 12.3 Å². The Labute approximate surface area is 327 Å². The van der Waals surface area contributed by atoms with Crippen LogP contribution in [0, 0.1) is 0 Å². The van der Waals surface area contributed by atoms with Crippen LogP contribution in [0.2, 0.25) is 0 Å². The van der Waals surface area contributed by atoms with Crippen molar-refractivity contribution in [2.45, 2.75) is 12.3 Å². The molecule has 0 aliphatic carbocycles. The number of furan rings is 2. The van der Waals surface area contributed by atoms with Crippen LogP contribution in [-0.4, -0.2) is 10.4 Å². The Balaban J connectivity index is 0.993. The van der Waals surface area contributed by atoms with Gasteiger partial charge in [0.2, 0.25) is 0 Å². The number of hydrogen-bond donors (Lipinski definition) is 2. The minimum atomic E-state index is -0.279. The topological polar surface area (TPSA) is 67.6 Å². The zero-order valence-electron chi connectivity index (χ0n) is 30.7. The van der Waals surface area contributed by atoms with Gasteiger partial charge in [-0.05, 0) is 70.8 Å². The van der Waals surface area contributed by atoms with E-state index >= 15 is 0 Å². The van der Waals surface area contributed by atoms with Crippen molar-refractivity contribution in [3.05, 3.63) is 199 Å². The second kappa shape index (κ2) is 12.6. The molecule has 0 saturated heterocycles. The highest BCUT2D eigenvalue weighted by atomic mass is 16.3. The maximum atomic E-state index is 6.81. The van der Waals surface area contributed by atoms with E-state index in [1.807, 2.05) is 24.3 Å². The van der Waals surface area contributed by atoms with Gasteiger partial charge in [0.1, 0.15) is 34.9 Å². The van der Waals surface area contributed by atoms with E-state index in [2.05, 4.69) is 173 Å². The number of nitrogens with one attached hydrogen (secondary N) is 2. The minimum Gasteiger partial charge on any atom is -0.456 e. The lowest BCUT2D eigenvalue weighted by Crippen LogP contribution is -2.44. The number of aromatic nitrogens is 1. The molecule has 2 atom stereocenters. The first-order valence-corrected chi connectivity index (χ1v) is 19.4. The molecule has 3 aromatic heterocycles. The summed E-state index contributed by atoms with van der Waals surface area (Å²) in [5.74, 6) is 0.856. The predicted molar refractivity (Wildman–Crippen MR) is 232 cm³/mol. The number of para-hydroxylation sites is 3. The van der Waals surface area contributed by atoms with Crippen molar-refractivity contribution in [1.82, 2.24) is 15.2 Å². The second-order valence-electron chi connectivity index (χ2n) is 14.8. The van der Waals surface area contributed by atoms with E-state index in [4.69, 9.17) is 13.8 Å². The van der Waals surface area contributed by atoms with Crippen molar-refractivity contribution in [1.29, 1.82) is 0 Å². The monoisotopic (exact) mass is 734 g/mol. The third-order valence-electron chi connectivity index (χ3n) is 11.5. The number of nitrogens with zero attached hydrogens (tertiary/aromatic N) is 2. The lowest BCUT2D eigenvalue weighted by atomic mass is 9.97. The SMILES string of the molecule is c1ccc(C2=NC(c3ccc4oc5ccc(-c6cccc7oc8c(-n9c%10ccccc%10c%10ccccc%109)cccc8c67)cc5c4c3)NC(c3ccccc3)N2)cc1. The average Bonchev–Trinajstić information content (AvgIpc) is 3.96. The molecule has 0 fully saturated rings. The van der Waals surface area contributed by atoms with Gasteiger partial charge in [0.15, 0.2) is 5.58 Å². The summed E-state index contributed by atoms with van der Waals surface area (Å²) in [5.41, 5.74) is 12.2. The summed E-state index contributed by atoms with van der Waals surface area (Å²) in [7, 11) is 0. The number of hydrogen-bond acceptors (Lipinski definition) is 5. The van der Waals surface area contributed by atoms with Crippen LogP contribution >= 0.6 is 0 Å². The summed E-state index contributed by atoms with van der Waals surface area (Å²) in [4.78, 5) is 5.20. The molecule has 4 heterocycles. The number of fused-ring (bicyclic) bond motifs is 9. The lowest BCUT2D eigenvalue weighted by molar-refractivity contribution is 0.409. The predicted octanol–water partition coefficient (Wildman–Crippen LogP) is 12.6. The first-order valence-electron chi connectivity index (χ1n) is 19.4. The molecule has 270 valence electrons. The van der Waals surface area contributed by atoms with Gasteiger partial charge in [-0.2, -0.15) is 0 Å². The zero-order chi connectivity index (χ0) is 37.5. The molecule has 2 N–H and O–H groups in total. The highest BCUT2D eigenvalue weighted by molar-refractivity contribution is 6.17. The van der Waals surface area contributed by atoms with E-state index in [1.54, 1.807) is 0 Å². The molecule has 0 bridgehead atoms. The third kappa shape index (κ3) is 5.04. The van der Waals surface area contributed by atoms with E-state index in [0.717, 1.165) is 94.3 Å². The molecule has 0 amide bonds. The molecule has 1 aliphatic heterocycles. The number of aliphatic imine (C=N–C) groups is 1. The molecule has 57 heavy (non-hydrogen) atoms. The molecule has 0 radical (unpaired) electrons. The fourth-order valence-corrected chi connectivity index (χ4v) is 8.85. The fraction of sp³-hybridized carbons (Fsp3) is 0.0392. The van der Waals surface area contributed by atoms with Crippen molar-refractivity contribution in [3.8, 4) is 16.8 Å². The summed E-state index contributed by atoms with van der Waals surface area (Å²) < 4.78 is 15.6. The van der Waals surface area contributed by atoms with E-state index in [0.29, 0.717) is 0 Å². The van der Waals surface area contributed by atoms with Crippen molar-refractivity contribution < 1.29 is 8.83 Å². The van der Waals surface area contributed by atoms with Gasteiger partial charge in [-0.1, -0.05) is 133 Å². The van der Waals surface area contributed by atoms with E-state index in [1.165, 1.54) is 10.8 Å². The standard InChI is InChI=1S/C51H34N4O2/c1-3-13-31(14-4-1)49-52-50(32-15-5-2-6-16-32)54-51(53-49)34-26-28-45-40(30-34)39-29-33(25-27-44(39)56-45)35-19-12-24-46-47(35)38-20-11-23-43(48(38)57-46)55-41-21-9-7-17-36(41)37-18-8-10-22-42(37)55/h1-30,49,51,53H,(H,52,54). The maximum absolute atomic E-state index is 6.81. The molecule has 2 unspecified atom stereocenters. The normalized spacial score (nSPS) is 15.9. The van der Waals surface area contributed by atoms with Crippen LogP contribution in [0.25, 0.3) is 82.5 Å². The van der Waals surface area contributed by atoms with E-state index in [9.17, 15) is 0 Å². The summed E-state index contributed by atoms with van der Waals surface area (Å²) in [6.07, 6.45) is -0.396. The highest BCUT2D eigenvalue weighted by Crippen LogP contribution is 2.43.